The summed E-state index contributed by atoms with van der Waals surface area (Å²) in [5.41, 5.74) is 4.35. The summed E-state index contributed by atoms with van der Waals surface area (Å²) >= 11 is 0. The van der Waals surface area contributed by atoms with Crippen LogP contribution in [0, 0.1) is 12.8 Å². The molecule has 0 spiro atoms. The van der Waals surface area contributed by atoms with Crippen molar-refractivity contribution in [3.05, 3.63) is 69.1 Å². The molecule has 0 radical (unpaired) electrons. The van der Waals surface area contributed by atoms with E-state index in [4.69, 9.17) is 13.9 Å². The fraction of sp³-hybridized carbons (Fsp3) is 0.348. The van der Waals surface area contributed by atoms with Crippen LogP contribution in [0.3, 0.4) is 0 Å². The van der Waals surface area contributed by atoms with Gasteiger partial charge >= 0.3 is 5.63 Å². The number of benzene rings is 2. The molecule has 0 fully saturated rings. The highest BCUT2D eigenvalue weighted by Crippen LogP contribution is 2.34. The second-order valence-corrected chi connectivity index (χ2v) is 7.40. The molecular weight excluding hydrogens is 340 g/mol. The van der Waals surface area contributed by atoms with Gasteiger partial charge in [0.05, 0.1) is 7.11 Å². The summed E-state index contributed by atoms with van der Waals surface area (Å²) in [4.78, 5) is 12.5. The highest BCUT2D eigenvalue weighted by Gasteiger charge is 2.23. The second kappa shape index (κ2) is 7.10. The summed E-state index contributed by atoms with van der Waals surface area (Å²) in [6.45, 7) is 4.61. The molecule has 27 heavy (non-hydrogen) atoms. The zero-order chi connectivity index (χ0) is 19.0. The molecule has 4 heteroatoms. The molecular formula is C23H24O4. The van der Waals surface area contributed by atoms with Crippen molar-refractivity contribution >= 4 is 11.0 Å². The van der Waals surface area contributed by atoms with Crippen LogP contribution in [0.2, 0.25) is 0 Å². The van der Waals surface area contributed by atoms with Crippen molar-refractivity contribution in [3.8, 4) is 11.5 Å². The highest BCUT2D eigenvalue weighted by atomic mass is 16.5. The molecule has 0 unspecified atom stereocenters. The first kappa shape index (κ1) is 17.7. The summed E-state index contributed by atoms with van der Waals surface area (Å²) in [6, 6.07) is 11.8. The van der Waals surface area contributed by atoms with Gasteiger partial charge < -0.3 is 13.9 Å². The molecule has 1 aliphatic rings. The topological polar surface area (TPSA) is 48.7 Å². The molecule has 4 rings (SSSR count). The monoisotopic (exact) mass is 364 g/mol. The Balaban J connectivity index is 1.69. The predicted octanol–water partition coefficient (Wildman–Crippen LogP) is 4.81. The van der Waals surface area contributed by atoms with Crippen LogP contribution in [-0.2, 0) is 19.4 Å². The van der Waals surface area contributed by atoms with E-state index < -0.39 is 0 Å². The Morgan fingerprint density at radius 1 is 1.19 bits per heavy atom. The fourth-order valence-electron chi connectivity index (χ4n) is 3.89. The van der Waals surface area contributed by atoms with Gasteiger partial charge in [0.1, 0.15) is 23.7 Å². The van der Waals surface area contributed by atoms with Crippen molar-refractivity contribution in [2.45, 2.75) is 39.7 Å². The van der Waals surface area contributed by atoms with E-state index in [1.165, 1.54) is 0 Å². The first-order valence-corrected chi connectivity index (χ1v) is 9.40. The van der Waals surface area contributed by atoms with Crippen molar-refractivity contribution in [2.75, 3.05) is 7.11 Å². The molecule has 0 bridgehead atoms. The van der Waals surface area contributed by atoms with Crippen LogP contribution in [0.4, 0.5) is 0 Å². The van der Waals surface area contributed by atoms with Crippen molar-refractivity contribution in [1.29, 1.82) is 0 Å². The van der Waals surface area contributed by atoms with Gasteiger partial charge in [-0.2, -0.15) is 0 Å². The Hall–Kier alpha value is -2.75. The summed E-state index contributed by atoms with van der Waals surface area (Å²) in [6.07, 6.45) is 2.78. The van der Waals surface area contributed by atoms with E-state index in [-0.39, 0.29) is 5.63 Å². The van der Waals surface area contributed by atoms with Gasteiger partial charge in [-0.25, -0.2) is 4.79 Å². The molecule has 0 amide bonds. The Kier molecular flexibility index (Phi) is 4.65. The third kappa shape index (κ3) is 3.32. The number of ether oxygens (including phenoxy) is 2. The number of methoxy groups -OCH3 is 1. The van der Waals surface area contributed by atoms with E-state index in [1.54, 1.807) is 7.11 Å². The largest absolute Gasteiger partial charge is 0.497 e. The van der Waals surface area contributed by atoms with E-state index in [0.717, 1.165) is 58.4 Å². The summed E-state index contributed by atoms with van der Waals surface area (Å²) in [5, 5.41) is 1.04. The molecule has 0 saturated heterocycles. The van der Waals surface area contributed by atoms with Gasteiger partial charge in [-0.3, -0.25) is 0 Å². The maximum absolute atomic E-state index is 12.5. The van der Waals surface area contributed by atoms with Gasteiger partial charge in [0.15, 0.2) is 0 Å². The average Bonchev–Trinajstić information content (AvgIpc) is 2.68. The number of hydrogen-bond donors (Lipinski definition) is 0. The number of hydrogen-bond acceptors (Lipinski definition) is 4. The van der Waals surface area contributed by atoms with Crippen molar-refractivity contribution in [1.82, 2.24) is 0 Å². The maximum Gasteiger partial charge on any atom is 0.339 e. The van der Waals surface area contributed by atoms with E-state index in [1.807, 2.05) is 43.3 Å². The zero-order valence-electron chi connectivity index (χ0n) is 16.0. The third-order valence-corrected chi connectivity index (χ3v) is 5.45. The lowest BCUT2D eigenvalue weighted by Crippen LogP contribution is -2.20. The number of fused-ring (bicyclic) bond motifs is 3. The normalized spacial score (nSPS) is 16.2. The maximum atomic E-state index is 12.5. The molecule has 140 valence electrons. The number of aryl methyl sites for hydroxylation is 1. The summed E-state index contributed by atoms with van der Waals surface area (Å²) in [5.74, 6) is 2.13. The number of rotatable bonds is 4. The standard InChI is InChI=1S/C23H24O4/c1-14-7-8-19-20(11-14)18-9-10-21(15(2)22(18)27-23(19)24)26-13-16-5-4-6-17(12-16)25-3/h4-6,9-10,12,14H,7-8,11,13H2,1-3H3/t14-/m0/s1. The van der Waals surface area contributed by atoms with E-state index in [0.29, 0.717) is 18.1 Å². The lowest BCUT2D eigenvalue weighted by atomic mass is 9.84. The van der Waals surface area contributed by atoms with Gasteiger partial charge in [-0.1, -0.05) is 19.1 Å². The first-order valence-electron chi connectivity index (χ1n) is 9.40. The minimum atomic E-state index is -0.197. The minimum absolute atomic E-state index is 0.197. The van der Waals surface area contributed by atoms with Crippen LogP contribution < -0.4 is 15.1 Å². The molecule has 1 aromatic heterocycles. The molecule has 4 nitrogen and oxygen atoms in total. The van der Waals surface area contributed by atoms with Crippen LogP contribution in [-0.4, -0.2) is 7.11 Å². The third-order valence-electron chi connectivity index (χ3n) is 5.45. The molecule has 1 heterocycles. The quantitative estimate of drug-likeness (QED) is 0.623. The smallest absolute Gasteiger partial charge is 0.339 e. The van der Waals surface area contributed by atoms with Gasteiger partial charge in [0.25, 0.3) is 0 Å². The minimum Gasteiger partial charge on any atom is -0.497 e. The lowest BCUT2D eigenvalue weighted by Gasteiger charge is -2.22. The zero-order valence-corrected chi connectivity index (χ0v) is 16.0. The van der Waals surface area contributed by atoms with Crippen LogP contribution in [0.5, 0.6) is 11.5 Å². The van der Waals surface area contributed by atoms with Gasteiger partial charge in [-0.05, 0) is 67.5 Å². The van der Waals surface area contributed by atoms with Crippen LogP contribution in [0.1, 0.15) is 35.6 Å². The van der Waals surface area contributed by atoms with E-state index >= 15 is 0 Å². The fourth-order valence-corrected chi connectivity index (χ4v) is 3.89. The SMILES string of the molecule is COc1cccc(COc2ccc3c4c(c(=O)oc3c2C)CC[C@H](C)C4)c1. The molecule has 1 aliphatic carbocycles. The first-order chi connectivity index (χ1) is 13.1. The Labute approximate surface area is 158 Å². The molecule has 0 saturated carbocycles. The molecule has 1 atom stereocenters. The van der Waals surface area contributed by atoms with Crippen molar-refractivity contribution in [3.63, 3.8) is 0 Å². The van der Waals surface area contributed by atoms with Crippen molar-refractivity contribution in [2.24, 2.45) is 5.92 Å². The molecule has 0 N–H and O–H groups in total. The Morgan fingerprint density at radius 2 is 2.04 bits per heavy atom. The predicted molar refractivity (Wildman–Crippen MR) is 106 cm³/mol. The highest BCUT2D eigenvalue weighted by molar-refractivity contribution is 5.86. The Morgan fingerprint density at radius 3 is 2.85 bits per heavy atom. The van der Waals surface area contributed by atoms with Crippen LogP contribution >= 0.6 is 0 Å². The summed E-state index contributed by atoms with van der Waals surface area (Å²) < 4.78 is 17.0. The average molecular weight is 364 g/mol. The molecule has 3 aromatic rings. The van der Waals surface area contributed by atoms with Crippen LogP contribution in [0.25, 0.3) is 11.0 Å². The van der Waals surface area contributed by atoms with Gasteiger partial charge in [0, 0.05) is 16.5 Å². The van der Waals surface area contributed by atoms with Gasteiger partial charge in [-0.15, -0.1) is 0 Å². The Bertz CT molecular complexity index is 1050. The van der Waals surface area contributed by atoms with Gasteiger partial charge in [0.2, 0.25) is 0 Å². The second-order valence-electron chi connectivity index (χ2n) is 7.40. The lowest BCUT2D eigenvalue weighted by molar-refractivity contribution is 0.303. The molecule has 0 aliphatic heterocycles. The van der Waals surface area contributed by atoms with E-state index in [2.05, 4.69) is 6.92 Å². The molecule has 2 aromatic carbocycles. The van der Waals surface area contributed by atoms with E-state index in [9.17, 15) is 4.79 Å². The summed E-state index contributed by atoms with van der Waals surface area (Å²) in [7, 11) is 1.65. The van der Waals surface area contributed by atoms with Crippen molar-refractivity contribution < 1.29 is 13.9 Å². The van der Waals surface area contributed by atoms with Crippen LogP contribution in [0.15, 0.2) is 45.6 Å².